The summed E-state index contributed by atoms with van der Waals surface area (Å²) in [5, 5.41) is 30.6. The van der Waals surface area contributed by atoms with E-state index in [0.717, 1.165) is 83.5 Å². The van der Waals surface area contributed by atoms with Crippen molar-refractivity contribution in [3.05, 3.63) is 36.5 Å². The second-order valence-corrected chi connectivity index (χ2v) is 16.0. The zero-order valence-corrected chi connectivity index (χ0v) is 35.5. The van der Waals surface area contributed by atoms with Crippen LogP contribution >= 0.6 is 0 Å². The zero-order chi connectivity index (χ0) is 41.1. The lowest BCUT2D eigenvalue weighted by Gasteiger charge is -2.41. The first-order valence-corrected chi connectivity index (χ1v) is 23.1. The molecule has 1 fully saturated rings. The van der Waals surface area contributed by atoms with Crippen molar-refractivity contribution < 1.29 is 56.2 Å². The van der Waals surface area contributed by atoms with Crippen molar-refractivity contribution in [2.75, 3.05) is 26.4 Å². The van der Waals surface area contributed by atoms with Gasteiger partial charge in [-0.05, 0) is 64.2 Å². The summed E-state index contributed by atoms with van der Waals surface area (Å²) in [5.41, 5.74) is 0. The highest BCUT2D eigenvalue weighted by Gasteiger charge is 2.48. The maximum atomic E-state index is 12.8. The molecule has 6 atom stereocenters. The second kappa shape index (κ2) is 35.3. The van der Waals surface area contributed by atoms with Crippen LogP contribution in [-0.2, 0) is 38.3 Å². The third-order valence-electron chi connectivity index (χ3n) is 9.73. The number of ether oxygens (including phenoxy) is 4. The van der Waals surface area contributed by atoms with Gasteiger partial charge in [-0.25, -0.2) is 4.18 Å². The van der Waals surface area contributed by atoms with Gasteiger partial charge in [-0.1, -0.05) is 134 Å². The van der Waals surface area contributed by atoms with Crippen LogP contribution in [0.25, 0.3) is 0 Å². The summed E-state index contributed by atoms with van der Waals surface area (Å²) in [4.78, 5) is 12.8. The maximum absolute atomic E-state index is 12.8. The molecule has 0 spiro atoms. The third kappa shape index (κ3) is 28.7. The molecule has 0 aliphatic carbocycles. The van der Waals surface area contributed by atoms with E-state index < -0.39 is 59.8 Å². The lowest BCUT2D eigenvalue weighted by atomic mass is 9.99. The fourth-order valence-electron chi connectivity index (χ4n) is 6.39. The van der Waals surface area contributed by atoms with Gasteiger partial charge in [-0.3, -0.25) is 9.35 Å². The van der Waals surface area contributed by atoms with Crippen LogP contribution in [0.4, 0.5) is 0 Å². The van der Waals surface area contributed by atoms with E-state index in [1.54, 1.807) is 0 Å². The van der Waals surface area contributed by atoms with Crippen molar-refractivity contribution in [1.29, 1.82) is 0 Å². The Balaban J connectivity index is 2.47. The van der Waals surface area contributed by atoms with E-state index in [1.807, 2.05) is 0 Å². The number of hydrogen-bond acceptors (Lipinski definition) is 11. The fourth-order valence-corrected chi connectivity index (χ4v) is 6.90. The molecule has 0 radical (unpaired) electrons. The summed E-state index contributed by atoms with van der Waals surface area (Å²) in [6.07, 6.45) is 30.3. The van der Waals surface area contributed by atoms with Crippen LogP contribution < -0.4 is 0 Å². The molecule has 328 valence electrons. The molecule has 1 saturated heterocycles. The molecule has 0 saturated carbocycles. The standard InChI is InChI=1S/C43H78O12S/c1-3-5-7-9-11-13-15-17-19-21-23-25-27-29-31-33-51-35-37(36-52-43-41(47)42(55-56(48,49)50)40(46)38(34-44)54-43)53-39(45)32-30-28-26-24-22-20-18-16-14-12-10-8-6-4-2/h9,11,15-18,37-38,40-44,46-47H,3-8,10,12-14,19-36H2,1-2H3,(H,48,49,50)/b11-9-,17-15-,18-16-. The Hall–Kier alpha value is -1.68. The van der Waals surface area contributed by atoms with Crippen LogP contribution in [0.2, 0.25) is 0 Å². The van der Waals surface area contributed by atoms with Crippen molar-refractivity contribution in [1.82, 2.24) is 0 Å². The predicted octanol–water partition coefficient (Wildman–Crippen LogP) is 8.63. The predicted molar refractivity (Wildman–Crippen MR) is 220 cm³/mol. The Kier molecular flexibility index (Phi) is 33.0. The van der Waals surface area contributed by atoms with Gasteiger partial charge in [0, 0.05) is 13.0 Å². The molecule has 0 aromatic heterocycles. The minimum atomic E-state index is -5.06. The highest BCUT2D eigenvalue weighted by Crippen LogP contribution is 2.26. The molecular formula is C43H78O12S. The highest BCUT2D eigenvalue weighted by molar-refractivity contribution is 7.80. The zero-order valence-electron chi connectivity index (χ0n) is 34.7. The molecule has 1 heterocycles. The monoisotopic (exact) mass is 819 g/mol. The minimum Gasteiger partial charge on any atom is -0.457 e. The van der Waals surface area contributed by atoms with E-state index in [4.69, 9.17) is 23.5 Å². The first-order chi connectivity index (χ1) is 27.1. The van der Waals surface area contributed by atoms with Gasteiger partial charge >= 0.3 is 16.4 Å². The van der Waals surface area contributed by atoms with Gasteiger partial charge in [0.15, 0.2) is 6.29 Å². The lowest BCUT2D eigenvalue weighted by Crippen LogP contribution is -2.60. The van der Waals surface area contributed by atoms with Crippen LogP contribution in [-0.4, -0.2) is 97.5 Å². The summed E-state index contributed by atoms with van der Waals surface area (Å²) < 4.78 is 58.9. The van der Waals surface area contributed by atoms with E-state index in [1.165, 1.54) is 57.8 Å². The van der Waals surface area contributed by atoms with Crippen molar-refractivity contribution >= 4 is 16.4 Å². The number of carbonyl (C=O) groups is 1. The Labute approximate surface area is 339 Å². The number of hydrogen-bond donors (Lipinski definition) is 4. The molecule has 0 aromatic carbocycles. The molecular weight excluding hydrogens is 741 g/mol. The molecule has 12 nitrogen and oxygen atoms in total. The van der Waals surface area contributed by atoms with Gasteiger partial charge in [0.2, 0.25) is 0 Å². The van der Waals surface area contributed by atoms with Gasteiger partial charge in [0.05, 0.1) is 19.8 Å². The van der Waals surface area contributed by atoms with Crippen LogP contribution in [0.15, 0.2) is 36.5 Å². The normalized spacial score (nSPS) is 21.1. The first-order valence-electron chi connectivity index (χ1n) is 21.7. The molecule has 0 bridgehead atoms. The average molecular weight is 819 g/mol. The Bertz CT molecular complexity index is 1130. The van der Waals surface area contributed by atoms with E-state index in [0.29, 0.717) is 13.0 Å². The first kappa shape index (κ1) is 52.3. The van der Waals surface area contributed by atoms with Gasteiger partial charge in [-0.2, -0.15) is 8.42 Å². The van der Waals surface area contributed by atoms with E-state index >= 15 is 0 Å². The van der Waals surface area contributed by atoms with Crippen molar-refractivity contribution in [3.8, 4) is 0 Å². The highest BCUT2D eigenvalue weighted by atomic mass is 32.3. The molecule has 1 aliphatic rings. The van der Waals surface area contributed by atoms with Crippen molar-refractivity contribution in [2.45, 2.75) is 205 Å². The van der Waals surface area contributed by atoms with Gasteiger partial charge < -0.3 is 34.3 Å². The van der Waals surface area contributed by atoms with E-state index in [9.17, 15) is 28.5 Å². The Morgan fingerprint density at radius 2 is 1.20 bits per heavy atom. The molecule has 6 unspecified atom stereocenters. The van der Waals surface area contributed by atoms with Crippen LogP contribution in [0.5, 0.6) is 0 Å². The SMILES string of the molecule is CCCC/C=C\C/C=C\CCCCCCCCOCC(COC1OC(CO)C(O)C(OS(=O)(=O)O)C1O)OC(=O)CCCCCCC/C=C\CCCCCCC. The molecule has 1 rings (SSSR count). The summed E-state index contributed by atoms with van der Waals surface area (Å²) in [6, 6.07) is 0. The Morgan fingerprint density at radius 3 is 1.77 bits per heavy atom. The summed E-state index contributed by atoms with van der Waals surface area (Å²) >= 11 is 0. The minimum absolute atomic E-state index is 0.0257. The third-order valence-corrected chi connectivity index (χ3v) is 10.2. The van der Waals surface area contributed by atoms with Gasteiger partial charge in [0.1, 0.15) is 30.5 Å². The number of aliphatic hydroxyl groups is 3. The van der Waals surface area contributed by atoms with Gasteiger partial charge in [0.25, 0.3) is 0 Å². The number of carbonyl (C=O) groups excluding carboxylic acids is 1. The van der Waals surface area contributed by atoms with Crippen molar-refractivity contribution in [3.63, 3.8) is 0 Å². The second-order valence-electron chi connectivity index (χ2n) is 14.9. The fraction of sp³-hybridized carbons (Fsp3) is 0.837. The van der Waals surface area contributed by atoms with E-state index in [-0.39, 0.29) is 19.6 Å². The van der Waals surface area contributed by atoms with Crippen LogP contribution in [0.3, 0.4) is 0 Å². The molecule has 1 aliphatic heterocycles. The summed E-state index contributed by atoms with van der Waals surface area (Å²) in [7, 11) is -5.06. The Morgan fingerprint density at radius 1 is 0.679 bits per heavy atom. The smallest absolute Gasteiger partial charge is 0.397 e. The average Bonchev–Trinajstić information content (AvgIpc) is 3.17. The summed E-state index contributed by atoms with van der Waals surface area (Å²) in [5.74, 6) is -0.413. The van der Waals surface area contributed by atoms with Crippen LogP contribution in [0.1, 0.15) is 168 Å². The lowest BCUT2D eigenvalue weighted by molar-refractivity contribution is -0.301. The number of aliphatic hydroxyl groups excluding tert-OH is 3. The van der Waals surface area contributed by atoms with Crippen LogP contribution in [0, 0.1) is 0 Å². The quantitative estimate of drug-likeness (QED) is 0.0203. The molecule has 4 N–H and O–H groups in total. The molecule has 0 aromatic rings. The number of esters is 1. The topological polar surface area (TPSA) is 178 Å². The maximum Gasteiger partial charge on any atom is 0.397 e. The number of unbranched alkanes of at least 4 members (excludes halogenated alkanes) is 18. The number of allylic oxidation sites excluding steroid dienone is 6. The molecule has 56 heavy (non-hydrogen) atoms. The molecule has 0 amide bonds. The largest absolute Gasteiger partial charge is 0.457 e. The van der Waals surface area contributed by atoms with E-state index in [2.05, 4.69) is 54.5 Å². The number of rotatable bonds is 37. The van der Waals surface area contributed by atoms with Crippen molar-refractivity contribution in [2.24, 2.45) is 0 Å². The molecule has 13 heteroatoms. The summed E-state index contributed by atoms with van der Waals surface area (Å²) in [6.45, 7) is 3.90. The van der Waals surface area contributed by atoms with Gasteiger partial charge in [-0.15, -0.1) is 0 Å².